The Morgan fingerprint density at radius 3 is 1.03 bits per heavy atom. The molecule has 0 saturated heterocycles. The van der Waals surface area contributed by atoms with Crippen LogP contribution in [0, 0.1) is 0 Å². The van der Waals surface area contributed by atoms with Gasteiger partial charge < -0.3 is 14.2 Å². The van der Waals surface area contributed by atoms with Gasteiger partial charge in [0.05, 0.1) is 0 Å². The van der Waals surface area contributed by atoms with Gasteiger partial charge in [-0.1, -0.05) is 234 Å². The van der Waals surface area contributed by atoms with Gasteiger partial charge in [-0.25, -0.2) is 0 Å². The Morgan fingerprint density at radius 2 is 0.618 bits per heavy atom. The van der Waals surface area contributed by atoms with E-state index in [1.54, 1.807) is 0 Å². The molecule has 0 aromatic heterocycles. The first-order chi connectivity index (χ1) is 33.5. The molecule has 68 heavy (non-hydrogen) atoms. The van der Waals surface area contributed by atoms with Crippen molar-refractivity contribution in [1.82, 2.24) is 0 Å². The first-order valence-corrected chi connectivity index (χ1v) is 28.2. The fourth-order valence-corrected chi connectivity index (χ4v) is 7.56. The van der Waals surface area contributed by atoms with Crippen LogP contribution in [0.1, 0.15) is 258 Å². The van der Waals surface area contributed by atoms with E-state index in [2.05, 4.69) is 106 Å². The quantitative estimate of drug-likeness (QED) is 0.0262. The van der Waals surface area contributed by atoms with Crippen LogP contribution >= 0.6 is 0 Å². The van der Waals surface area contributed by atoms with Crippen molar-refractivity contribution in [1.29, 1.82) is 0 Å². The topological polar surface area (TPSA) is 78.9 Å². The summed E-state index contributed by atoms with van der Waals surface area (Å²) >= 11 is 0. The second-order valence-electron chi connectivity index (χ2n) is 18.5. The number of carbonyl (C=O) groups is 3. The first-order valence-electron chi connectivity index (χ1n) is 28.2. The highest BCUT2D eigenvalue weighted by Crippen LogP contribution is 2.15. The highest BCUT2D eigenvalue weighted by Gasteiger charge is 2.19. The summed E-state index contributed by atoms with van der Waals surface area (Å²) in [5.74, 6) is -1.01. The summed E-state index contributed by atoms with van der Waals surface area (Å²) < 4.78 is 16.8. The van der Waals surface area contributed by atoms with Crippen LogP contribution in [0.5, 0.6) is 0 Å². The molecule has 0 bridgehead atoms. The zero-order valence-electron chi connectivity index (χ0n) is 44.3. The van der Waals surface area contributed by atoms with Crippen LogP contribution in [-0.2, 0) is 28.6 Å². The van der Waals surface area contributed by atoms with E-state index in [4.69, 9.17) is 14.2 Å². The minimum atomic E-state index is -0.815. The molecular formula is C62H104O6. The van der Waals surface area contributed by atoms with Crippen molar-refractivity contribution >= 4 is 17.9 Å². The summed E-state index contributed by atoms with van der Waals surface area (Å²) in [4.78, 5) is 38.0. The maximum absolute atomic E-state index is 12.8. The van der Waals surface area contributed by atoms with Crippen molar-refractivity contribution < 1.29 is 28.6 Å². The molecule has 0 fully saturated rings. The largest absolute Gasteiger partial charge is 0.462 e. The Kier molecular flexibility index (Phi) is 52.9. The van der Waals surface area contributed by atoms with Gasteiger partial charge in [0.25, 0.3) is 0 Å². The van der Waals surface area contributed by atoms with Crippen molar-refractivity contribution in [3.8, 4) is 0 Å². The van der Waals surface area contributed by atoms with E-state index in [0.29, 0.717) is 19.3 Å². The zero-order chi connectivity index (χ0) is 49.3. The minimum Gasteiger partial charge on any atom is -0.462 e. The molecule has 0 aliphatic heterocycles. The molecule has 0 amide bonds. The van der Waals surface area contributed by atoms with Gasteiger partial charge in [-0.05, 0) is 103 Å². The number of esters is 3. The van der Waals surface area contributed by atoms with Crippen LogP contribution in [0.3, 0.4) is 0 Å². The van der Waals surface area contributed by atoms with Crippen LogP contribution in [0.25, 0.3) is 0 Å². The van der Waals surface area contributed by atoms with E-state index < -0.39 is 6.10 Å². The molecular weight excluding hydrogens is 841 g/mol. The molecule has 0 saturated carbocycles. The predicted octanol–water partition coefficient (Wildman–Crippen LogP) is 18.9. The maximum atomic E-state index is 12.8. The number of hydrogen-bond donors (Lipinski definition) is 0. The molecule has 0 N–H and O–H groups in total. The summed E-state index contributed by atoms with van der Waals surface area (Å²) in [5.41, 5.74) is 0. The third-order valence-corrected chi connectivity index (χ3v) is 11.8. The summed E-state index contributed by atoms with van der Waals surface area (Å²) in [6.07, 6.45) is 74.2. The van der Waals surface area contributed by atoms with Gasteiger partial charge in [0.1, 0.15) is 13.2 Å². The molecule has 1 unspecified atom stereocenters. The predicted molar refractivity (Wildman–Crippen MR) is 293 cm³/mol. The standard InChI is InChI=1S/C62H104O6/c1-4-7-10-13-16-19-22-25-27-28-29-30-31-32-33-34-35-38-40-43-46-49-52-55-61(64)67-58-59(57-66-60(63)54-51-48-45-42-39-36-24-21-18-15-12-9-6-3)68-62(65)56-53-50-47-44-41-37-26-23-20-17-14-11-8-5-2/h9,12,14,17-18,21-23,25-26,28-29,36,39,45,48,59H,4-8,10-11,13,15-16,19-20,24,27,30-35,37-38,40-44,46-47,49-58H2,1-3H3/b12-9-,17-14-,21-18-,25-22-,26-23-,29-28-,39-36-,48-45-. The van der Waals surface area contributed by atoms with E-state index >= 15 is 0 Å². The molecule has 1 atom stereocenters. The molecule has 6 nitrogen and oxygen atoms in total. The van der Waals surface area contributed by atoms with Crippen LogP contribution in [0.15, 0.2) is 97.2 Å². The summed E-state index contributed by atoms with van der Waals surface area (Å²) in [6, 6.07) is 0. The average Bonchev–Trinajstić information content (AvgIpc) is 3.34. The smallest absolute Gasteiger partial charge is 0.306 e. The monoisotopic (exact) mass is 945 g/mol. The van der Waals surface area contributed by atoms with Gasteiger partial charge in [0, 0.05) is 19.3 Å². The molecule has 0 heterocycles. The summed E-state index contributed by atoms with van der Waals surface area (Å²) in [7, 11) is 0. The number of ether oxygens (including phenoxy) is 3. The van der Waals surface area contributed by atoms with Crippen LogP contribution in [-0.4, -0.2) is 37.2 Å². The molecule has 0 radical (unpaired) electrons. The maximum Gasteiger partial charge on any atom is 0.306 e. The van der Waals surface area contributed by atoms with Gasteiger partial charge in [0.2, 0.25) is 0 Å². The van der Waals surface area contributed by atoms with Crippen LogP contribution in [0.4, 0.5) is 0 Å². The minimum absolute atomic E-state index is 0.107. The van der Waals surface area contributed by atoms with E-state index in [9.17, 15) is 14.4 Å². The lowest BCUT2D eigenvalue weighted by Gasteiger charge is -2.18. The zero-order valence-corrected chi connectivity index (χ0v) is 44.3. The van der Waals surface area contributed by atoms with E-state index in [1.807, 2.05) is 12.2 Å². The molecule has 6 heteroatoms. The third-order valence-electron chi connectivity index (χ3n) is 11.8. The van der Waals surface area contributed by atoms with Crippen LogP contribution < -0.4 is 0 Å². The lowest BCUT2D eigenvalue weighted by atomic mass is 10.0. The van der Waals surface area contributed by atoms with Crippen molar-refractivity contribution in [3.05, 3.63) is 97.2 Å². The molecule has 0 spiro atoms. The van der Waals surface area contributed by atoms with Gasteiger partial charge in [-0.15, -0.1) is 0 Å². The Bertz CT molecular complexity index is 1360. The average molecular weight is 946 g/mol. The molecule has 388 valence electrons. The van der Waals surface area contributed by atoms with Gasteiger partial charge in [-0.2, -0.15) is 0 Å². The Hall–Kier alpha value is -3.67. The Labute approximate surface area is 419 Å². The second-order valence-corrected chi connectivity index (χ2v) is 18.5. The fourth-order valence-electron chi connectivity index (χ4n) is 7.56. The highest BCUT2D eigenvalue weighted by molar-refractivity contribution is 5.71. The normalized spacial score (nSPS) is 12.8. The lowest BCUT2D eigenvalue weighted by molar-refractivity contribution is -0.166. The van der Waals surface area contributed by atoms with Gasteiger partial charge in [-0.3, -0.25) is 14.4 Å². The van der Waals surface area contributed by atoms with Gasteiger partial charge in [0.15, 0.2) is 6.10 Å². The van der Waals surface area contributed by atoms with Crippen molar-refractivity contribution in [2.24, 2.45) is 0 Å². The van der Waals surface area contributed by atoms with Crippen molar-refractivity contribution in [2.75, 3.05) is 13.2 Å². The number of hydrogen-bond acceptors (Lipinski definition) is 6. The molecule has 0 aliphatic rings. The number of rotatable bonds is 50. The number of allylic oxidation sites excluding steroid dienone is 16. The second kappa shape index (κ2) is 55.9. The lowest BCUT2D eigenvalue weighted by Crippen LogP contribution is -2.30. The van der Waals surface area contributed by atoms with Crippen LogP contribution in [0.2, 0.25) is 0 Å². The van der Waals surface area contributed by atoms with E-state index in [1.165, 1.54) is 116 Å². The Balaban J connectivity index is 4.38. The number of carbonyl (C=O) groups excluding carboxylic acids is 3. The summed E-state index contributed by atoms with van der Waals surface area (Å²) in [5, 5.41) is 0. The van der Waals surface area contributed by atoms with Gasteiger partial charge >= 0.3 is 17.9 Å². The molecule has 0 aromatic rings. The molecule has 0 aromatic carbocycles. The van der Waals surface area contributed by atoms with E-state index in [0.717, 1.165) is 96.3 Å². The first kappa shape index (κ1) is 64.3. The fraction of sp³-hybridized carbons (Fsp3) is 0.694. The van der Waals surface area contributed by atoms with Crippen molar-refractivity contribution in [3.63, 3.8) is 0 Å². The van der Waals surface area contributed by atoms with E-state index in [-0.39, 0.29) is 37.5 Å². The third kappa shape index (κ3) is 53.3. The SMILES string of the molecule is CC/C=C\C/C=C\C/C=C\C/C=C\CCC(=O)OCC(COC(=O)CCCCCCCCCCCCC/C=C\C/C=C\CCCCCCC)OC(=O)CCCCCCC/C=C\C/C=C\CCCC. The number of unbranched alkanes of at least 4 members (excludes halogenated alkanes) is 23. The Morgan fingerprint density at radius 1 is 0.309 bits per heavy atom. The molecule has 0 rings (SSSR count). The highest BCUT2D eigenvalue weighted by atomic mass is 16.6. The molecule has 0 aliphatic carbocycles. The van der Waals surface area contributed by atoms with Crippen molar-refractivity contribution in [2.45, 2.75) is 264 Å². The summed E-state index contributed by atoms with van der Waals surface area (Å²) in [6.45, 7) is 6.40.